The molecule has 1 unspecified atom stereocenters. The number of anilines is 3. The van der Waals surface area contributed by atoms with Crippen molar-refractivity contribution in [3.8, 4) is 11.1 Å². The zero-order valence-electron chi connectivity index (χ0n) is 24.5. The van der Waals surface area contributed by atoms with Crippen LogP contribution in [0.4, 0.5) is 17.3 Å². The van der Waals surface area contributed by atoms with E-state index in [0.29, 0.717) is 47.3 Å². The second-order valence-electron chi connectivity index (χ2n) is 11.4. The average Bonchev–Trinajstić information content (AvgIpc) is 3.45. The molecule has 0 aliphatic carbocycles. The van der Waals surface area contributed by atoms with Crippen LogP contribution in [0, 0.1) is 13.8 Å². The van der Waals surface area contributed by atoms with Crippen molar-refractivity contribution in [3.63, 3.8) is 0 Å². The second kappa shape index (κ2) is 11.4. The third-order valence-corrected chi connectivity index (χ3v) is 8.95. The van der Waals surface area contributed by atoms with Crippen LogP contribution in [0.2, 0.25) is 5.02 Å². The van der Waals surface area contributed by atoms with Crippen LogP contribution in [0.1, 0.15) is 30.5 Å². The van der Waals surface area contributed by atoms with Crippen LogP contribution in [-0.2, 0) is 4.79 Å². The minimum absolute atomic E-state index is 0.000616. The number of hydrogen-bond acceptors (Lipinski definition) is 7. The molecule has 0 spiro atoms. The van der Waals surface area contributed by atoms with Gasteiger partial charge in [-0.05, 0) is 62.7 Å². The van der Waals surface area contributed by atoms with Crippen molar-refractivity contribution in [1.82, 2.24) is 24.3 Å². The standard InChI is InChI=1S/C32H36ClN7O2/c1-20-17-23(9-10-28(20)38-15-13-37(4)14-16-38)35-32-34-18-26-21(2)29(25-7-5-6-8-27(25)33)31(42)40(30(26)36-32)24-11-12-39(19-24)22(3)41/h5-10,17-18,24H,11-16,19H2,1-4H3,(H,34,35,36). The minimum Gasteiger partial charge on any atom is -0.369 e. The van der Waals surface area contributed by atoms with Gasteiger partial charge in [-0.3, -0.25) is 14.2 Å². The molecule has 10 heteroatoms. The minimum atomic E-state index is -0.210. The maximum Gasteiger partial charge on any atom is 0.260 e. The molecule has 2 aliphatic rings. The molecule has 0 radical (unpaired) electrons. The zero-order valence-corrected chi connectivity index (χ0v) is 25.3. The summed E-state index contributed by atoms with van der Waals surface area (Å²) in [5.41, 5.74) is 5.67. The Morgan fingerprint density at radius 3 is 2.50 bits per heavy atom. The number of likely N-dealkylation sites (tertiary alicyclic amines) is 1. The van der Waals surface area contributed by atoms with Gasteiger partial charge < -0.3 is 20.0 Å². The Kier molecular flexibility index (Phi) is 7.64. The molecular formula is C32H36ClN7O2. The average molecular weight is 586 g/mol. The van der Waals surface area contributed by atoms with E-state index in [1.807, 2.05) is 25.1 Å². The monoisotopic (exact) mass is 585 g/mol. The molecule has 4 heterocycles. The molecular weight excluding hydrogens is 550 g/mol. The van der Waals surface area contributed by atoms with Gasteiger partial charge in [0.05, 0.1) is 11.6 Å². The van der Waals surface area contributed by atoms with E-state index < -0.39 is 0 Å². The summed E-state index contributed by atoms with van der Waals surface area (Å²) in [5, 5.41) is 4.65. The van der Waals surface area contributed by atoms with Crippen LogP contribution >= 0.6 is 11.6 Å². The first-order valence-electron chi connectivity index (χ1n) is 14.4. The van der Waals surface area contributed by atoms with Gasteiger partial charge in [-0.2, -0.15) is 4.98 Å². The van der Waals surface area contributed by atoms with Gasteiger partial charge in [0.2, 0.25) is 11.9 Å². The highest BCUT2D eigenvalue weighted by Gasteiger charge is 2.30. The fourth-order valence-corrected chi connectivity index (χ4v) is 6.45. The Hall–Kier alpha value is -3.95. The lowest BCUT2D eigenvalue weighted by atomic mass is 9.99. The number of halogens is 1. The van der Waals surface area contributed by atoms with E-state index in [-0.39, 0.29) is 17.5 Å². The lowest BCUT2D eigenvalue weighted by molar-refractivity contribution is -0.127. The van der Waals surface area contributed by atoms with Crippen molar-refractivity contribution in [1.29, 1.82) is 0 Å². The van der Waals surface area contributed by atoms with Crippen molar-refractivity contribution in [2.24, 2.45) is 0 Å². The number of amides is 1. The second-order valence-corrected chi connectivity index (χ2v) is 11.8. The van der Waals surface area contributed by atoms with E-state index in [4.69, 9.17) is 16.6 Å². The van der Waals surface area contributed by atoms with Gasteiger partial charge in [0, 0.05) is 79.7 Å². The number of pyridine rings is 1. The maximum atomic E-state index is 14.3. The summed E-state index contributed by atoms with van der Waals surface area (Å²) in [7, 11) is 2.16. The fraction of sp³-hybridized carbons (Fsp3) is 0.375. The Morgan fingerprint density at radius 2 is 1.81 bits per heavy atom. The van der Waals surface area contributed by atoms with Crippen molar-refractivity contribution < 1.29 is 4.79 Å². The number of aromatic nitrogens is 3. The van der Waals surface area contributed by atoms with E-state index in [0.717, 1.165) is 42.8 Å². The zero-order chi connectivity index (χ0) is 29.5. The summed E-state index contributed by atoms with van der Waals surface area (Å²) in [4.78, 5) is 42.5. The normalized spacial score (nSPS) is 17.7. The number of rotatable bonds is 5. The molecule has 2 saturated heterocycles. The summed E-state index contributed by atoms with van der Waals surface area (Å²) < 4.78 is 1.75. The summed E-state index contributed by atoms with van der Waals surface area (Å²) in [5.74, 6) is 0.411. The van der Waals surface area contributed by atoms with Crippen LogP contribution in [0.5, 0.6) is 0 Å². The third kappa shape index (κ3) is 5.23. The van der Waals surface area contributed by atoms with Crippen molar-refractivity contribution in [2.75, 3.05) is 56.5 Å². The highest BCUT2D eigenvalue weighted by atomic mass is 35.5. The van der Waals surface area contributed by atoms with E-state index in [1.165, 1.54) is 11.3 Å². The molecule has 0 bridgehead atoms. The Labute approximate surface area is 250 Å². The van der Waals surface area contributed by atoms with Gasteiger partial charge in [-0.25, -0.2) is 4.98 Å². The maximum absolute atomic E-state index is 14.3. The van der Waals surface area contributed by atoms with Gasteiger partial charge in [0.1, 0.15) is 5.65 Å². The van der Waals surface area contributed by atoms with Crippen molar-refractivity contribution in [3.05, 3.63) is 75.2 Å². The van der Waals surface area contributed by atoms with Gasteiger partial charge in [-0.1, -0.05) is 29.8 Å². The number of likely N-dealkylation sites (N-methyl/N-ethyl adjacent to an activating group) is 1. The van der Waals surface area contributed by atoms with Gasteiger partial charge >= 0.3 is 0 Å². The largest absolute Gasteiger partial charge is 0.369 e. The van der Waals surface area contributed by atoms with Crippen LogP contribution in [0.3, 0.4) is 0 Å². The topological polar surface area (TPSA) is 86.6 Å². The number of carbonyl (C=O) groups is 1. The number of nitrogens with one attached hydrogen (secondary N) is 1. The molecule has 1 atom stereocenters. The van der Waals surface area contributed by atoms with Gasteiger partial charge in [0.15, 0.2) is 0 Å². The molecule has 2 aromatic carbocycles. The molecule has 2 aromatic heterocycles. The number of carbonyl (C=O) groups excluding carboxylic acids is 1. The molecule has 1 N–H and O–H groups in total. The van der Waals surface area contributed by atoms with Crippen LogP contribution in [0.25, 0.3) is 22.2 Å². The van der Waals surface area contributed by atoms with Gasteiger partial charge in [0.25, 0.3) is 5.56 Å². The number of fused-ring (bicyclic) bond motifs is 1. The quantitative estimate of drug-likeness (QED) is 0.352. The summed E-state index contributed by atoms with van der Waals surface area (Å²) in [6, 6.07) is 13.5. The summed E-state index contributed by atoms with van der Waals surface area (Å²) in [6.07, 6.45) is 2.44. The van der Waals surface area contributed by atoms with E-state index in [2.05, 4.69) is 52.3 Å². The predicted molar refractivity (Wildman–Crippen MR) is 169 cm³/mol. The third-order valence-electron chi connectivity index (χ3n) is 8.62. The summed E-state index contributed by atoms with van der Waals surface area (Å²) in [6.45, 7) is 10.8. The highest BCUT2D eigenvalue weighted by Crippen LogP contribution is 2.34. The molecule has 218 valence electrons. The SMILES string of the molecule is CC(=O)N1CCC(n2c(=O)c(-c3ccccc3Cl)c(C)c3cnc(Nc4ccc(N5CCN(C)CC5)c(C)c4)nc32)C1. The number of nitrogens with zero attached hydrogens (tertiary/aromatic N) is 6. The molecule has 0 saturated carbocycles. The van der Waals surface area contributed by atoms with Gasteiger partial charge in [-0.15, -0.1) is 0 Å². The van der Waals surface area contributed by atoms with Crippen LogP contribution in [0.15, 0.2) is 53.5 Å². The number of hydrogen-bond donors (Lipinski definition) is 1. The highest BCUT2D eigenvalue weighted by molar-refractivity contribution is 6.33. The lowest BCUT2D eigenvalue weighted by Gasteiger charge is -2.35. The molecule has 6 rings (SSSR count). The number of benzene rings is 2. The van der Waals surface area contributed by atoms with E-state index in [9.17, 15) is 9.59 Å². The lowest BCUT2D eigenvalue weighted by Crippen LogP contribution is -2.44. The Morgan fingerprint density at radius 1 is 1.05 bits per heavy atom. The predicted octanol–water partition coefficient (Wildman–Crippen LogP) is 5.02. The summed E-state index contributed by atoms with van der Waals surface area (Å²) >= 11 is 6.58. The number of piperazine rings is 1. The Bertz CT molecular complexity index is 1730. The molecule has 2 aliphatic heterocycles. The van der Waals surface area contributed by atoms with Crippen LogP contribution < -0.4 is 15.8 Å². The molecule has 9 nitrogen and oxygen atoms in total. The number of aryl methyl sites for hydroxylation is 2. The first-order chi connectivity index (χ1) is 20.2. The van der Waals surface area contributed by atoms with E-state index >= 15 is 0 Å². The Balaban J connectivity index is 1.41. The first kappa shape index (κ1) is 28.2. The molecule has 2 fully saturated rings. The first-order valence-corrected chi connectivity index (χ1v) is 14.8. The molecule has 1 amide bonds. The van der Waals surface area contributed by atoms with Crippen LogP contribution in [-0.4, -0.2) is 76.6 Å². The smallest absolute Gasteiger partial charge is 0.260 e. The molecule has 4 aromatic rings. The van der Waals surface area contributed by atoms with E-state index in [1.54, 1.807) is 28.7 Å². The fourth-order valence-electron chi connectivity index (χ4n) is 6.22. The van der Waals surface area contributed by atoms with Crippen molar-refractivity contribution in [2.45, 2.75) is 33.2 Å². The molecule has 42 heavy (non-hydrogen) atoms. The van der Waals surface area contributed by atoms with Crippen molar-refractivity contribution >= 4 is 45.9 Å².